The van der Waals surface area contributed by atoms with Crippen LogP contribution >= 0.6 is 0 Å². The van der Waals surface area contributed by atoms with Crippen LogP contribution in [0.15, 0.2) is 29.4 Å². The number of nitriles is 1. The third-order valence-electron chi connectivity index (χ3n) is 3.53. The molecule has 3 heteroatoms. The molecule has 94 valence electrons. The van der Waals surface area contributed by atoms with Gasteiger partial charge >= 0.3 is 0 Å². The summed E-state index contributed by atoms with van der Waals surface area (Å²) in [6.45, 7) is 4.46. The van der Waals surface area contributed by atoms with Gasteiger partial charge < -0.3 is 0 Å². The SMILES string of the molecule is C[C@@H]1CCC[C@H](C)N1/N=C\c1ccc(C#N)cc1. The Bertz CT molecular complexity index is 446. The van der Waals surface area contributed by atoms with E-state index in [1.54, 1.807) is 0 Å². The van der Waals surface area contributed by atoms with Crippen LogP contribution in [0.4, 0.5) is 0 Å². The van der Waals surface area contributed by atoms with Gasteiger partial charge in [-0.3, -0.25) is 5.01 Å². The summed E-state index contributed by atoms with van der Waals surface area (Å²) in [7, 11) is 0. The molecule has 0 bridgehead atoms. The van der Waals surface area contributed by atoms with Gasteiger partial charge in [-0.1, -0.05) is 12.1 Å². The average molecular weight is 241 g/mol. The van der Waals surface area contributed by atoms with Crippen molar-refractivity contribution in [1.82, 2.24) is 5.01 Å². The van der Waals surface area contributed by atoms with E-state index >= 15 is 0 Å². The molecule has 0 unspecified atom stereocenters. The van der Waals surface area contributed by atoms with E-state index in [1.807, 2.05) is 30.5 Å². The Morgan fingerprint density at radius 3 is 2.39 bits per heavy atom. The van der Waals surface area contributed by atoms with Crippen LogP contribution in [0.5, 0.6) is 0 Å². The fourth-order valence-electron chi connectivity index (χ4n) is 2.41. The summed E-state index contributed by atoms with van der Waals surface area (Å²) in [5.74, 6) is 0. The number of benzene rings is 1. The molecule has 2 atom stereocenters. The minimum absolute atomic E-state index is 0.517. The van der Waals surface area contributed by atoms with Crippen molar-refractivity contribution in [2.75, 3.05) is 0 Å². The molecule has 0 N–H and O–H groups in total. The largest absolute Gasteiger partial charge is 0.292 e. The van der Waals surface area contributed by atoms with E-state index < -0.39 is 0 Å². The molecule has 1 heterocycles. The van der Waals surface area contributed by atoms with Crippen molar-refractivity contribution >= 4 is 6.21 Å². The smallest absolute Gasteiger partial charge is 0.0991 e. The molecule has 1 saturated heterocycles. The van der Waals surface area contributed by atoms with E-state index in [2.05, 4.69) is 30.0 Å². The van der Waals surface area contributed by atoms with Gasteiger partial charge in [0, 0.05) is 12.1 Å². The third-order valence-corrected chi connectivity index (χ3v) is 3.53. The van der Waals surface area contributed by atoms with E-state index in [-0.39, 0.29) is 0 Å². The predicted molar refractivity (Wildman–Crippen MR) is 73.4 cm³/mol. The van der Waals surface area contributed by atoms with Crippen LogP contribution in [0.25, 0.3) is 0 Å². The van der Waals surface area contributed by atoms with Gasteiger partial charge in [-0.15, -0.1) is 0 Å². The van der Waals surface area contributed by atoms with Crippen LogP contribution in [-0.2, 0) is 0 Å². The predicted octanol–water partition coefficient (Wildman–Crippen LogP) is 3.16. The van der Waals surface area contributed by atoms with Crippen LogP contribution in [-0.4, -0.2) is 23.3 Å². The van der Waals surface area contributed by atoms with Crippen LogP contribution in [0.2, 0.25) is 0 Å². The molecule has 0 amide bonds. The number of nitrogens with zero attached hydrogens (tertiary/aromatic N) is 3. The third kappa shape index (κ3) is 2.89. The molecule has 1 aromatic carbocycles. The Balaban J connectivity index is 2.07. The van der Waals surface area contributed by atoms with Gasteiger partial charge in [0.1, 0.15) is 0 Å². The van der Waals surface area contributed by atoms with Gasteiger partial charge in [0.15, 0.2) is 0 Å². The van der Waals surface area contributed by atoms with Gasteiger partial charge in [-0.05, 0) is 50.8 Å². The lowest BCUT2D eigenvalue weighted by Gasteiger charge is -2.36. The second-order valence-corrected chi connectivity index (χ2v) is 4.99. The number of hydrogen-bond donors (Lipinski definition) is 0. The van der Waals surface area contributed by atoms with Crippen molar-refractivity contribution in [1.29, 1.82) is 5.26 Å². The molecular weight excluding hydrogens is 222 g/mol. The Labute approximate surface area is 109 Å². The van der Waals surface area contributed by atoms with E-state index in [9.17, 15) is 0 Å². The van der Waals surface area contributed by atoms with Crippen molar-refractivity contribution in [2.45, 2.75) is 45.2 Å². The van der Waals surface area contributed by atoms with Crippen molar-refractivity contribution in [2.24, 2.45) is 5.10 Å². The van der Waals surface area contributed by atoms with Gasteiger partial charge in [-0.25, -0.2) is 0 Å². The molecule has 0 aliphatic carbocycles. The monoisotopic (exact) mass is 241 g/mol. The highest BCUT2D eigenvalue weighted by Gasteiger charge is 2.22. The highest BCUT2D eigenvalue weighted by Crippen LogP contribution is 2.22. The molecule has 1 aliphatic rings. The zero-order valence-corrected chi connectivity index (χ0v) is 11.0. The lowest BCUT2D eigenvalue weighted by Crippen LogP contribution is -2.39. The lowest BCUT2D eigenvalue weighted by molar-refractivity contribution is 0.109. The van der Waals surface area contributed by atoms with E-state index in [4.69, 9.17) is 5.26 Å². The maximum absolute atomic E-state index is 8.74. The standard InChI is InChI=1S/C15H19N3/c1-12-4-3-5-13(2)18(12)17-11-15-8-6-14(10-16)7-9-15/h6-9,11-13H,3-5H2,1-2H3/b17-11-/t12-,13+. The minimum atomic E-state index is 0.517. The van der Waals surface area contributed by atoms with Crippen molar-refractivity contribution in [3.63, 3.8) is 0 Å². The molecule has 0 aromatic heterocycles. The normalized spacial score (nSPS) is 24.2. The summed E-state index contributed by atoms with van der Waals surface area (Å²) < 4.78 is 0. The summed E-state index contributed by atoms with van der Waals surface area (Å²) in [5.41, 5.74) is 1.73. The quantitative estimate of drug-likeness (QED) is 0.746. The van der Waals surface area contributed by atoms with Crippen LogP contribution in [0, 0.1) is 11.3 Å². The van der Waals surface area contributed by atoms with Crippen molar-refractivity contribution in [3.05, 3.63) is 35.4 Å². The highest BCUT2D eigenvalue weighted by atomic mass is 15.5. The van der Waals surface area contributed by atoms with E-state index in [0.717, 1.165) is 5.56 Å². The summed E-state index contributed by atoms with van der Waals surface area (Å²) in [5, 5.41) is 15.5. The maximum Gasteiger partial charge on any atom is 0.0991 e. The summed E-state index contributed by atoms with van der Waals surface area (Å²) in [4.78, 5) is 0. The fraction of sp³-hybridized carbons (Fsp3) is 0.467. The zero-order valence-electron chi connectivity index (χ0n) is 11.0. The zero-order chi connectivity index (χ0) is 13.0. The Hall–Kier alpha value is -1.82. The van der Waals surface area contributed by atoms with Crippen LogP contribution < -0.4 is 0 Å². The Morgan fingerprint density at radius 1 is 1.22 bits per heavy atom. The second kappa shape index (κ2) is 5.68. The molecule has 0 radical (unpaired) electrons. The van der Waals surface area contributed by atoms with Crippen molar-refractivity contribution < 1.29 is 0 Å². The van der Waals surface area contributed by atoms with Crippen molar-refractivity contribution in [3.8, 4) is 6.07 Å². The van der Waals surface area contributed by atoms with Crippen LogP contribution in [0.3, 0.4) is 0 Å². The molecule has 18 heavy (non-hydrogen) atoms. The van der Waals surface area contributed by atoms with Gasteiger partial charge in [-0.2, -0.15) is 10.4 Å². The maximum atomic E-state index is 8.74. The molecule has 1 aliphatic heterocycles. The molecule has 2 rings (SSSR count). The Kier molecular flexibility index (Phi) is 3.99. The lowest BCUT2D eigenvalue weighted by atomic mass is 10.00. The number of rotatable bonds is 2. The van der Waals surface area contributed by atoms with E-state index in [1.165, 1.54) is 19.3 Å². The van der Waals surface area contributed by atoms with E-state index in [0.29, 0.717) is 17.6 Å². The van der Waals surface area contributed by atoms with Gasteiger partial charge in [0.2, 0.25) is 0 Å². The molecule has 0 saturated carbocycles. The molecule has 1 aromatic rings. The number of hydrazone groups is 1. The fourth-order valence-corrected chi connectivity index (χ4v) is 2.41. The average Bonchev–Trinajstić information content (AvgIpc) is 2.39. The first kappa shape index (κ1) is 12.6. The first-order chi connectivity index (χ1) is 8.70. The first-order valence-corrected chi connectivity index (χ1v) is 6.53. The molecule has 3 nitrogen and oxygen atoms in total. The summed E-state index contributed by atoms with van der Waals surface area (Å²) >= 11 is 0. The number of piperidine rings is 1. The molecule has 0 spiro atoms. The number of hydrogen-bond acceptors (Lipinski definition) is 3. The topological polar surface area (TPSA) is 39.4 Å². The summed E-state index contributed by atoms with van der Waals surface area (Å²) in [6, 6.07) is 10.7. The molecule has 1 fully saturated rings. The minimum Gasteiger partial charge on any atom is -0.292 e. The van der Waals surface area contributed by atoms with Gasteiger partial charge in [0.05, 0.1) is 17.8 Å². The highest BCUT2D eigenvalue weighted by molar-refractivity contribution is 5.79. The second-order valence-electron chi connectivity index (χ2n) is 4.99. The Morgan fingerprint density at radius 2 is 1.83 bits per heavy atom. The van der Waals surface area contributed by atoms with Crippen LogP contribution in [0.1, 0.15) is 44.2 Å². The first-order valence-electron chi connectivity index (χ1n) is 6.53. The molecular formula is C15H19N3. The summed E-state index contributed by atoms with van der Waals surface area (Å²) in [6.07, 6.45) is 5.62. The van der Waals surface area contributed by atoms with Gasteiger partial charge in [0.25, 0.3) is 0 Å².